The molecular weight excluding hydrogens is 542 g/mol. The molecule has 7 nitrogen and oxygen atoms in total. The van der Waals surface area contributed by atoms with E-state index in [-0.39, 0.29) is 34.2 Å². The molecule has 1 heterocycles. The van der Waals surface area contributed by atoms with Crippen molar-refractivity contribution in [1.29, 1.82) is 0 Å². The summed E-state index contributed by atoms with van der Waals surface area (Å²) in [4.78, 5) is 21.4. The van der Waals surface area contributed by atoms with Gasteiger partial charge < -0.3 is 4.90 Å². The van der Waals surface area contributed by atoms with E-state index < -0.39 is 27.6 Å². The highest BCUT2D eigenvalue weighted by Crippen LogP contribution is 2.32. The van der Waals surface area contributed by atoms with Gasteiger partial charge >= 0.3 is 0 Å². The number of amides is 1. The largest absolute Gasteiger partial charge is 0.309 e. The smallest absolute Gasteiger partial charge is 0.260 e. The normalized spacial score (nSPS) is 12.0. The number of sulfonamides is 1. The molecule has 1 aromatic heterocycles. The van der Waals surface area contributed by atoms with Crippen molar-refractivity contribution in [2.75, 3.05) is 38.6 Å². The van der Waals surface area contributed by atoms with Crippen LogP contribution in [0.2, 0.25) is 0 Å². The summed E-state index contributed by atoms with van der Waals surface area (Å²) >= 11 is 1.03. The Labute approximate surface area is 231 Å². The average Bonchev–Trinajstić information content (AvgIpc) is 3.34. The van der Waals surface area contributed by atoms with E-state index in [0.717, 1.165) is 23.0 Å². The summed E-state index contributed by atoms with van der Waals surface area (Å²) in [5, 5.41) is 0.245. The number of hydrogen-bond acceptors (Lipinski definition) is 6. The van der Waals surface area contributed by atoms with Crippen molar-refractivity contribution < 1.29 is 22.0 Å². The Morgan fingerprint density at radius 1 is 0.974 bits per heavy atom. The molecule has 0 aliphatic rings. The van der Waals surface area contributed by atoms with Crippen LogP contribution in [0.3, 0.4) is 0 Å². The van der Waals surface area contributed by atoms with Crippen LogP contribution in [0.4, 0.5) is 13.9 Å². The van der Waals surface area contributed by atoms with E-state index in [0.29, 0.717) is 24.2 Å². The van der Waals surface area contributed by atoms with Crippen LogP contribution in [-0.4, -0.2) is 62.2 Å². The van der Waals surface area contributed by atoms with Gasteiger partial charge in [0.2, 0.25) is 10.0 Å². The summed E-state index contributed by atoms with van der Waals surface area (Å²) in [5.41, 5.74) is 1.13. The first-order valence-corrected chi connectivity index (χ1v) is 14.7. The molecule has 206 valence electrons. The molecule has 0 fully saturated rings. The molecule has 0 spiro atoms. The van der Waals surface area contributed by atoms with Gasteiger partial charge in [0.25, 0.3) is 5.91 Å². The van der Waals surface area contributed by atoms with Gasteiger partial charge in [-0.15, -0.1) is 0 Å². The van der Waals surface area contributed by atoms with Crippen molar-refractivity contribution >= 4 is 42.6 Å². The Hall–Kier alpha value is -3.25. The molecule has 11 heteroatoms. The van der Waals surface area contributed by atoms with E-state index in [4.69, 9.17) is 0 Å². The minimum atomic E-state index is -3.80. The zero-order chi connectivity index (χ0) is 28.2. The average molecular weight is 573 g/mol. The van der Waals surface area contributed by atoms with Crippen LogP contribution in [0.1, 0.15) is 29.3 Å². The van der Waals surface area contributed by atoms with Crippen molar-refractivity contribution in [3.63, 3.8) is 0 Å². The third kappa shape index (κ3) is 6.67. The van der Waals surface area contributed by atoms with Crippen molar-refractivity contribution in [1.82, 2.24) is 14.2 Å². The number of anilines is 1. The fourth-order valence-electron chi connectivity index (χ4n) is 4.12. The third-order valence-corrected chi connectivity index (χ3v) is 9.12. The Morgan fingerprint density at radius 3 is 2.31 bits per heavy atom. The van der Waals surface area contributed by atoms with E-state index in [1.165, 1.54) is 39.5 Å². The summed E-state index contributed by atoms with van der Waals surface area (Å²) in [7, 11) is 0.0318. The second-order valence-electron chi connectivity index (χ2n) is 9.29. The van der Waals surface area contributed by atoms with Gasteiger partial charge in [0.05, 0.1) is 9.60 Å². The number of rotatable bonds is 11. The summed E-state index contributed by atoms with van der Waals surface area (Å²) in [5.74, 6) is -1.92. The molecule has 0 aliphatic carbocycles. The van der Waals surface area contributed by atoms with Gasteiger partial charge in [-0.3, -0.25) is 9.69 Å². The maximum atomic E-state index is 14.3. The zero-order valence-electron chi connectivity index (χ0n) is 22.0. The lowest BCUT2D eigenvalue weighted by molar-refractivity contribution is 0.0986. The summed E-state index contributed by atoms with van der Waals surface area (Å²) in [6, 6.07) is 17.1. The van der Waals surface area contributed by atoms with Gasteiger partial charge in [-0.25, -0.2) is 22.2 Å². The molecule has 0 atom stereocenters. The number of halogens is 2. The predicted octanol–water partition coefficient (Wildman–Crippen LogP) is 5.38. The van der Waals surface area contributed by atoms with Crippen molar-refractivity contribution in [2.24, 2.45) is 0 Å². The van der Waals surface area contributed by atoms with Crippen molar-refractivity contribution in [2.45, 2.75) is 24.8 Å². The topological polar surface area (TPSA) is 73.8 Å². The first-order valence-electron chi connectivity index (χ1n) is 12.5. The van der Waals surface area contributed by atoms with Crippen LogP contribution in [0.5, 0.6) is 0 Å². The Balaban J connectivity index is 1.61. The number of nitrogens with zero attached hydrogens (tertiary/aromatic N) is 4. The lowest BCUT2D eigenvalue weighted by Gasteiger charge is -2.22. The van der Waals surface area contributed by atoms with Crippen LogP contribution in [0, 0.1) is 11.6 Å². The molecule has 4 rings (SSSR count). The molecule has 0 bridgehead atoms. The standard InChI is InChI=1S/C28H30F2N4O3S2/c1-4-33(19-20-9-6-5-7-10-20)39(36,37)23-13-11-21(12-14-23)27(35)34(16-8-15-32(2)3)28-31-26-24(30)17-22(29)18-25(26)38-28/h5-7,9-14,17-18H,4,8,15-16,19H2,1-3H3. The Bertz CT molecular complexity index is 1540. The van der Waals surface area contributed by atoms with E-state index in [9.17, 15) is 22.0 Å². The number of fused-ring (bicyclic) bond motifs is 1. The maximum absolute atomic E-state index is 14.3. The van der Waals surface area contributed by atoms with Crippen LogP contribution >= 0.6 is 11.3 Å². The molecular formula is C28H30F2N4O3S2. The molecule has 3 aromatic carbocycles. The summed E-state index contributed by atoms with van der Waals surface area (Å²) in [6.07, 6.45) is 0.614. The minimum absolute atomic E-state index is 0.00123. The molecule has 0 saturated heterocycles. The highest BCUT2D eigenvalue weighted by atomic mass is 32.2. The van der Waals surface area contributed by atoms with Crippen molar-refractivity contribution in [3.8, 4) is 0 Å². The second-order valence-corrected chi connectivity index (χ2v) is 12.2. The van der Waals surface area contributed by atoms with E-state index in [2.05, 4.69) is 4.98 Å². The van der Waals surface area contributed by atoms with Crippen molar-refractivity contribution in [3.05, 3.63) is 89.5 Å². The monoisotopic (exact) mass is 572 g/mol. The maximum Gasteiger partial charge on any atom is 0.260 e. The zero-order valence-corrected chi connectivity index (χ0v) is 23.6. The number of thiazole rings is 1. The first-order chi connectivity index (χ1) is 18.6. The van der Waals surface area contributed by atoms with E-state index in [1.807, 2.05) is 49.3 Å². The van der Waals surface area contributed by atoms with Gasteiger partial charge in [0.15, 0.2) is 10.9 Å². The van der Waals surface area contributed by atoms with Crippen LogP contribution in [-0.2, 0) is 16.6 Å². The molecule has 4 aromatic rings. The lowest BCUT2D eigenvalue weighted by atomic mass is 10.2. The predicted molar refractivity (Wildman–Crippen MR) is 151 cm³/mol. The molecule has 1 amide bonds. The van der Waals surface area contributed by atoms with Crippen LogP contribution in [0.15, 0.2) is 71.6 Å². The molecule has 0 unspecified atom stereocenters. The fraction of sp³-hybridized carbons (Fsp3) is 0.286. The Morgan fingerprint density at radius 2 is 1.67 bits per heavy atom. The number of hydrogen-bond donors (Lipinski definition) is 0. The quantitative estimate of drug-likeness (QED) is 0.241. The highest BCUT2D eigenvalue weighted by molar-refractivity contribution is 7.89. The van der Waals surface area contributed by atoms with E-state index in [1.54, 1.807) is 6.92 Å². The Kier molecular flexibility index (Phi) is 9.06. The third-order valence-electron chi connectivity index (χ3n) is 6.16. The number of benzene rings is 3. The lowest BCUT2D eigenvalue weighted by Crippen LogP contribution is -2.33. The van der Waals surface area contributed by atoms with Gasteiger partial charge in [-0.05, 0) is 63.0 Å². The highest BCUT2D eigenvalue weighted by Gasteiger charge is 2.26. The summed E-state index contributed by atoms with van der Waals surface area (Å²) < 4.78 is 56.4. The first kappa shape index (κ1) is 28.8. The number of carbonyl (C=O) groups excluding carboxylic acids is 1. The van der Waals surface area contributed by atoms with Gasteiger partial charge in [-0.2, -0.15) is 4.31 Å². The number of aromatic nitrogens is 1. The van der Waals surface area contributed by atoms with Gasteiger partial charge in [0, 0.05) is 31.3 Å². The fourth-order valence-corrected chi connectivity index (χ4v) is 6.58. The summed E-state index contributed by atoms with van der Waals surface area (Å²) in [6.45, 7) is 3.28. The molecule has 0 radical (unpaired) electrons. The van der Waals surface area contributed by atoms with E-state index >= 15 is 0 Å². The van der Waals surface area contributed by atoms with Gasteiger partial charge in [0.1, 0.15) is 11.3 Å². The minimum Gasteiger partial charge on any atom is -0.309 e. The molecule has 0 saturated carbocycles. The number of carbonyl (C=O) groups is 1. The molecule has 0 N–H and O–H groups in total. The SMILES string of the molecule is CCN(Cc1ccccc1)S(=O)(=O)c1ccc(C(=O)N(CCCN(C)C)c2nc3c(F)cc(F)cc3s2)cc1. The van der Waals surface area contributed by atoms with Gasteiger partial charge in [-0.1, -0.05) is 48.6 Å². The van der Waals surface area contributed by atoms with Crippen LogP contribution in [0.25, 0.3) is 10.2 Å². The van der Waals surface area contributed by atoms with Crippen LogP contribution < -0.4 is 4.90 Å². The molecule has 0 aliphatic heterocycles. The second kappa shape index (κ2) is 12.3. The molecule has 39 heavy (non-hydrogen) atoms.